The Hall–Kier alpha value is -3.31. The van der Waals surface area contributed by atoms with Gasteiger partial charge in [0.15, 0.2) is 11.2 Å². The van der Waals surface area contributed by atoms with Crippen molar-refractivity contribution < 1.29 is 14.6 Å². The molecular weight excluding hydrogens is 318 g/mol. The molecule has 0 amide bonds. The molecule has 0 fully saturated rings. The summed E-state index contributed by atoms with van der Waals surface area (Å²) in [7, 11) is 1.79. The molecule has 0 saturated heterocycles. The highest BCUT2D eigenvalue weighted by atomic mass is 17.1. The fourth-order valence-electron chi connectivity index (χ4n) is 3.07. The Labute approximate surface area is 143 Å². The van der Waals surface area contributed by atoms with Crippen LogP contribution in [-0.4, -0.2) is 12.3 Å². The standard InChI is InChI=1S/C20H15NO4/c1-21-12-6-8-16(19(10-12)25-23)20-14-4-2-3-5-17(14)24-18-11-13(22)7-9-15(18)20/h2-11,21,23H,1H3. The molecule has 1 heterocycles. The summed E-state index contributed by atoms with van der Waals surface area (Å²) in [6.07, 6.45) is 0. The van der Waals surface area contributed by atoms with E-state index in [0.29, 0.717) is 22.7 Å². The van der Waals surface area contributed by atoms with E-state index in [4.69, 9.17) is 4.42 Å². The Morgan fingerprint density at radius 3 is 2.60 bits per heavy atom. The zero-order chi connectivity index (χ0) is 17.4. The van der Waals surface area contributed by atoms with Crippen LogP contribution in [0.25, 0.3) is 33.4 Å². The van der Waals surface area contributed by atoms with Crippen LogP contribution in [0.4, 0.5) is 5.69 Å². The predicted octanol–water partition coefficient (Wildman–Crippen LogP) is 4.46. The van der Waals surface area contributed by atoms with Crippen LogP contribution in [0.5, 0.6) is 5.75 Å². The highest BCUT2D eigenvalue weighted by Gasteiger charge is 2.20. The van der Waals surface area contributed by atoms with E-state index in [9.17, 15) is 10.1 Å². The van der Waals surface area contributed by atoms with Crippen molar-refractivity contribution in [1.29, 1.82) is 0 Å². The monoisotopic (exact) mass is 333 g/mol. The molecule has 2 aromatic rings. The summed E-state index contributed by atoms with van der Waals surface area (Å²) in [5, 5.41) is 13.3. The Kier molecular flexibility index (Phi) is 3.63. The van der Waals surface area contributed by atoms with Crippen molar-refractivity contribution in [3.05, 3.63) is 70.9 Å². The van der Waals surface area contributed by atoms with E-state index < -0.39 is 0 Å². The van der Waals surface area contributed by atoms with Gasteiger partial charge < -0.3 is 14.6 Å². The average Bonchev–Trinajstić information content (AvgIpc) is 2.65. The fourth-order valence-corrected chi connectivity index (χ4v) is 3.07. The second-order valence-corrected chi connectivity index (χ2v) is 5.68. The molecule has 2 N–H and O–H groups in total. The van der Waals surface area contributed by atoms with Gasteiger partial charge >= 0.3 is 0 Å². The number of fused-ring (bicyclic) bond motifs is 2. The van der Waals surface area contributed by atoms with E-state index >= 15 is 0 Å². The van der Waals surface area contributed by atoms with Crippen LogP contribution in [-0.2, 0) is 0 Å². The van der Waals surface area contributed by atoms with Crippen LogP contribution in [0.3, 0.4) is 0 Å². The summed E-state index contributed by atoms with van der Waals surface area (Å²) in [6, 6.07) is 17.7. The number of hydrogen-bond acceptors (Lipinski definition) is 5. The van der Waals surface area contributed by atoms with Gasteiger partial charge in [0.25, 0.3) is 0 Å². The maximum Gasteiger partial charge on any atom is 0.182 e. The molecule has 2 aliphatic rings. The maximum atomic E-state index is 11.7. The lowest BCUT2D eigenvalue weighted by Crippen LogP contribution is -2.00. The zero-order valence-corrected chi connectivity index (χ0v) is 13.4. The minimum absolute atomic E-state index is 0.123. The van der Waals surface area contributed by atoms with Gasteiger partial charge in [0.2, 0.25) is 0 Å². The van der Waals surface area contributed by atoms with Crippen molar-refractivity contribution in [2.24, 2.45) is 0 Å². The largest absolute Gasteiger partial charge is 0.456 e. The van der Waals surface area contributed by atoms with Gasteiger partial charge in [-0.3, -0.25) is 4.79 Å². The molecule has 5 heteroatoms. The Bertz CT molecular complexity index is 1100. The van der Waals surface area contributed by atoms with Crippen LogP contribution in [0.15, 0.2) is 69.9 Å². The lowest BCUT2D eigenvalue weighted by atomic mass is 9.93. The molecule has 2 aromatic carbocycles. The first-order valence-corrected chi connectivity index (χ1v) is 7.80. The van der Waals surface area contributed by atoms with E-state index in [-0.39, 0.29) is 5.43 Å². The van der Waals surface area contributed by atoms with Gasteiger partial charge in [0, 0.05) is 46.9 Å². The molecule has 124 valence electrons. The zero-order valence-electron chi connectivity index (χ0n) is 13.4. The lowest BCUT2D eigenvalue weighted by molar-refractivity contribution is -0.137. The van der Waals surface area contributed by atoms with Crippen LogP contribution in [0.1, 0.15) is 0 Å². The number of rotatable bonds is 3. The molecule has 0 spiro atoms. The number of nitrogens with one attached hydrogen (secondary N) is 1. The highest BCUT2D eigenvalue weighted by Crippen LogP contribution is 2.43. The number of benzene rings is 3. The Morgan fingerprint density at radius 1 is 1.00 bits per heavy atom. The number of para-hydroxylation sites is 1. The molecule has 1 aliphatic heterocycles. The van der Waals surface area contributed by atoms with Crippen molar-refractivity contribution in [1.82, 2.24) is 0 Å². The quantitative estimate of drug-likeness (QED) is 0.329. The summed E-state index contributed by atoms with van der Waals surface area (Å²) in [5.41, 5.74) is 3.65. The van der Waals surface area contributed by atoms with Crippen LogP contribution in [0, 0.1) is 0 Å². The van der Waals surface area contributed by atoms with E-state index in [0.717, 1.165) is 22.2 Å². The third-order valence-corrected chi connectivity index (χ3v) is 4.24. The Morgan fingerprint density at radius 2 is 1.80 bits per heavy atom. The van der Waals surface area contributed by atoms with E-state index in [2.05, 4.69) is 10.2 Å². The molecular formula is C20H15NO4. The summed E-state index contributed by atoms with van der Waals surface area (Å²) in [6.45, 7) is 0. The van der Waals surface area contributed by atoms with Crippen LogP contribution in [0.2, 0.25) is 0 Å². The molecule has 5 nitrogen and oxygen atoms in total. The van der Waals surface area contributed by atoms with Gasteiger partial charge in [-0.1, -0.05) is 18.2 Å². The van der Waals surface area contributed by atoms with Gasteiger partial charge in [0.1, 0.15) is 11.3 Å². The molecule has 4 rings (SSSR count). The highest BCUT2D eigenvalue weighted by molar-refractivity contribution is 6.03. The number of hydrogen-bond donors (Lipinski definition) is 2. The van der Waals surface area contributed by atoms with Crippen LogP contribution >= 0.6 is 0 Å². The Balaban J connectivity index is 2.14. The summed E-state index contributed by atoms with van der Waals surface area (Å²) in [5.74, 6) is 0.804. The third-order valence-electron chi connectivity index (χ3n) is 4.24. The van der Waals surface area contributed by atoms with Crippen molar-refractivity contribution in [2.75, 3.05) is 12.4 Å². The molecule has 1 aliphatic carbocycles. The lowest BCUT2D eigenvalue weighted by Gasteiger charge is -2.16. The molecule has 0 atom stereocenters. The average molecular weight is 333 g/mol. The smallest absolute Gasteiger partial charge is 0.182 e. The van der Waals surface area contributed by atoms with E-state index in [1.807, 2.05) is 36.4 Å². The third kappa shape index (κ3) is 2.51. The maximum absolute atomic E-state index is 11.7. The summed E-state index contributed by atoms with van der Waals surface area (Å²) in [4.78, 5) is 16.4. The molecule has 0 unspecified atom stereocenters. The minimum Gasteiger partial charge on any atom is -0.456 e. The topological polar surface area (TPSA) is 71.7 Å². The van der Waals surface area contributed by atoms with Gasteiger partial charge in [-0.15, -0.1) is 0 Å². The second-order valence-electron chi connectivity index (χ2n) is 5.68. The molecule has 25 heavy (non-hydrogen) atoms. The first kappa shape index (κ1) is 15.2. The van der Waals surface area contributed by atoms with Gasteiger partial charge in [0.05, 0.1) is 0 Å². The molecule has 0 aromatic heterocycles. The first-order chi connectivity index (χ1) is 12.2. The van der Waals surface area contributed by atoms with Crippen LogP contribution < -0.4 is 15.6 Å². The van der Waals surface area contributed by atoms with Crippen molar-refractivity contribution in [3.8, 4) is 28.2 Å². The van der Waals surface area contributed by atoms with Crippen molar-refractivity contribution >= 4 is 16.7 Å². The number of anilines is 1. The fraction of sp³-hybridized carbons (Fsp3) is 0.0500. The van der Waals surface area contributed by atoms with Gasteiger partial charge in [-0.2, -0.15) is 0 Å². The molecule has 0 bridgehead atoms. The van der Waals surface area contributed by atoms with Gasteiger partial charge in [-0.25, -0.2) is 5.26 Å². The normalized spacial score (nSPS) is 11.0. The summed E-state index contributed by atoms with van der Waals surface area (Å²) < 4.78 is 5.89. The SMILES string of the molecule is CNc1ccc(-c2c3ccc(=O)cc-3oc3ccccc23)c(OO)c1. The summed E-state index contributed by atoms with van der Waals surface area (Å²) >= 11 is 0. The van der Waals surface area contributed by atoms with Gasteiger partial charge in [-0.05, 0) is 30.3 Å². The van der Waals surface area contributed by atoms with E-state index in [1.165, 1.54) is 12.1 Å². The van der Waals surface area contributed by atoms with Crippen molar-refractivity contribution in [3.63, 3.8) is 0 Å². The van der Waals surface area contributed by atoms with E-state index in [1.54, 1.807) is 19.2 Å². The van der Waals surface area contributed by atoms with Crippen molar-refractivity contribution in [2.45, 2.75) is 0 Å². The molecule has 0 radical (unpaired) electrons. The molecule has 0 saturated carbocycles. The minimum atomic E-state index is -0.123. The first-order valence-electron chi connectivity index (χ1n) is 7.80. The second kappa shape index (κ2) is 5.96. The predicted molar refractivity (Wildman–Crippen MR) is 97.3 cm³/mol.